The molecule has 0 aliphatic rings. The molecule has 0 aliphatic heterocycles. The van der Waals surface area contributed by atoms with Crippen LogP contribution in [0.1, 0.15) is 49.2 Å². The standard InChI is InChI=1S/C24H29N3O4S/c1-4-6-7-23(30-18-10-8-17(9-11-18)24(25)27-29)31-22-13-21(28)19(12-16(22)5-2)20-14-32-15(3)26-20/h8-14,23,28-29H,4-7H2,1-3H3,(H2,25,27). The van der Waals surface area contributed by atoms with Gasteiger partial charge in [0.25, 0.3) is 0 Å². The normalized spacial score (nSPS) is 12.5. The van der Waals surface area contributed by atoms with Crippen molar-refractivity contribution in [1.29, 1.82) is 0 Å². The SMILES string of the molecule is CCCCC(Oc1ccc(C(N)=NO)cc1)Oc1cc(O)c(-c2csc(C)n2)cc1CC. The molecule has 1 unspecified atom stereocenters. The first-order chi connectivity index (χ1) is 15.4. The molecule has 0 spiro atoms. The number of aromatic nitrogens is 1. The Morgan fingerprint density at radius 3 is 2.53 bits per heavy atom. The number of unbranched alkanes of at least 4 members (excludes halogenated alkanes) is 1. The molecule has 0 aliphatic carbocycles. The smallest absolute Gasteiger partial charge is 0.241 e. The molecule has 0 fully saturated rings. The third-order valence-electron chi connectivity index (χ3n) is 5.03. The van der Waals surface area contributed by atoms with Crippen LogP contribution in [0.5, 0.6) is 17.2 Å². The van der Waals surface area contributed by atoms with E-state index in [1.165, 1.54) is 0 Å². The minimum atomic E-state index is -0.526. The number of aryl methyl sites for hydroxylation is 2. The van der Waals surface area contributed by atoms with E-state index in [1.807, 2.05) is 25.3 Å². The molecule has 0 bridgehead atoms. The van der Waals surface area contributed by atoms with Gasteiger partial charge in [0.15, 0.2) is 5.84 Å². The van der Waals surface area contributed by atoms with Gasteiger partial charge in [-0.05, 0) is 55.7 Å². The van der Waals surface area contributed by atoms with E-state index in [-0.39, 0.29) is 11.6 Å². The van der Waals surface area contributed by atoms with Gasteiger partial charge in [-0.15, -0.1) is 11.3 Å². The molecule has 1 aromatic heterocycles. The van der Waals surface area contributed by atoms with Crippen molar-refractivity contribution >= 4 is 17.2 Å². The molecular formula is C24H29N3O4S. The van der Waals surface area contributed by atoms with Crippen LogP contribution in [0.4, 0.5) is 0 Å². The zero-order valence-electron chi connectivity index (χ0n) is 18.5. The molecule has 3 rings (SSSR count). The number of phenols is 1. The Bertz CT molecular complexity index is 1060. The first-order valence-electron chi connectivity index (χ1n) is 10.6. The molecule has 1 heterocycles. The summed E-state index contributed by atoms with van der Waals surface area (Å²) in [6, 6.07) is 10.5. The zero-order valence-corrected chi connectivity index (χ0v) is 19.4. The number of ether oxygens (including phenoxy) is 2. The second kappa shape index (κ2) is 10.9. The van der Waals surface area contributed by atoms with Crippen LogP contribution in [0.3, 0.4) is 0 Å². The van der Waals surface area contributed by atoms with Crippen LogP contribution in [0, 0.1) is 6.92 Å². The van der Waals surface area contributed by atoms with Crippen LogP contribution in [-0.2, 0) is 6.42 Å². The van der Waals surface area contributed by atoms with Crippen LogP contribution in [0.15, 0.2) is 46.9 Å². The highest BCUT2D eigenvalue weighted by Gasteiger charge is 2.18. The number of nitrogens with zero attached hydrogens (tertiary/aromatic N) is 2. The summed E-state index contributed by atoms with van der Waals surface area (Å²) >= 11 is 1.55. The van der Waals surface area contributed by atoms with Gasteiger partial charge in [-0.3, -0.25) is 0 Å². The van der Waals surface area contributed by atoms with Crippen molar-refractivity contribution in [2.45, 2.75) is 52.7 Å². The number of nitrogens with two attached hydrogens (primary N) is 1. The van der Waals surface area contributed by atoms with Crippen molar-refractivity contribution in [2.24, 2.45) is 10.9 Å². The van der Waals surface area contributed by atoms with Gasteiger partial charge in [-0.1, -0.05) is 25.4 Å². The van der Waals surface area contributed by atoms with E-state index in [1.54, 1.807) is 41.7 Å². The third-order valence-corrected chi connectivity index (χ3v) is 5.81. The summed E-state index contributed by atoms with van der Waals surface area (Å²) in [5.74, 6) is 1.36. The molecule has 0 radical (unpaired) electrons. The molecule has 170 valence electrons. The second-order valence-electron chi connectivity index (χ2n) is 7.40. The second-order valence-corrected chi connectivity index (χ2v) is 8.46. The molecule has 8 heteroatoms. The monoisotopic (exact) mass is 455 g/mol. The van der Waals surface area contributed by atoms with Crippen molar-refractivity contribution < 1.29 is 19.8 Å². The van der Waals surface area contributed by atoms with E-state index in [2.05, 4.69) is 17.1 Å². The number of oxime groups is 1. The molecule has 0 amide bonds. The van der Waals surface area contributed by atoms with E-state index in [0.29, 0.717) is 29.0 Å². The Morgan fingerprint density at radius 1 is 1.19 bits per heavy atom. The molecule has 3 aromatic rings. The molecule has 1 atom stereocenters. The first kappa shape index (κ1) is 23.4. The molecular weight excluding hydrogens is 426 g/mol. The molecule has 2 aromatic carbocycles. The summed E-state index contributed by atoms with van der Waals surface area (Å²) < 4.78 is 12.3. The number of amidine groups is 1. The Labute approximate surface area is 192 Å². The van der Waals surface area contributed by atoms with E-state index in [9.17, 15) is 5.11 Å². The topological polar surface area (TPSA) is 110 Å². The average Bonchev–Trinajstić information content (AvgIpc) is 3.23. The minimum Gasteiger partial charge on any atom is -0.507 e. The number of thiazole rings is 1. The zero-order chi connectivity index (χ0) is 23.1. The largest absolute Gasteiger partial charge is 0.507 e. The van der Waals surface area contributed by atoms with E-state index >= 15 is 0 Å². The van der Waals surface area contributed by atoms with Crippen LogP contribution >= 0.6 is 11.3 Å². The summed E-state index contributed by atoms with van der Waals surface area (Å²) in [7, 11) is 0. The summed E-state index contributed by atoms with van der Waals surface area (Å²) in [5.41, 5.74) is 8.64. The van der Waals surface area contributed by atoms with Crippen molar-refractivity contribution in [3.8, 4) is 28.5 Å². The molecule has 32 heavy (non-hydrogen) atoms. The maximum absolute atomic E-state index is 10.7. The number of aromatic hydroxyl groups is 1. The minimum absolute atomic E-state index is 0.0359. The van der Waals surface area contributed by atoms with Crippen LogP contribution in [0.25, 0.3) is 11.3 Å². The first-order valence-corrected chi connectivity index (χ1v) is 11.5. The fourth-order valence-corrected chi connectivity index (χ4v) is 3.87. The van der Waals surface area contributed by atoms with Gasteiger partial charge in [0.2, 0.25) is 6.29 Å². The van der Waals surface area contributed by atoms with E-state index in [4.69, 9.17) is 20.4 Å². The number of rotatable bonds is 10. The van der Waals surface area contributed by atoms with Crippen LogP contribution in [-0.4, -0.2) is 27.4 Å². The third kappa shape index (κ3) is 5.70. The number of hydrogen-bond donors (Lipinski definition) is 3. The predicted molar refractivity (Wildman–Crippen MR) is 127 cm³/mol. The molecule has 7 nitrogen and oxygen atoms in total. The number of phenolic OH excluding ortho intramolecular Hbond substituents is 1. The summed E-state index contributed by atoms with van der Waals surface area (Å²) in [6.45, 7) is 6.09. The molecule has 0 saturated carbocycles. The lowest BCUT2D eigenvalue weighted by Gasteiger charge is -2.22. The quantitative estimate of drug-likeness (QED) is 0.123. The molecule has 4 N–H and O–H groups in total. The van der Waals surface area contributed by atoms with Crippen LogP contribution < -0.4 is 15.2 Å². The Morgan fingerprint density at radius 2 is 1.94 bits per heavy atom. The van der Waals surface area contributed by atoms with E-state index in [0.717, 1.165) is 35.5 Å². The average molecular weight is 456 g/mol. The number of hydrogen-bond acceptors (Lipinski definition) is 7. The fraction of sp³-hybridized carbons (Fsp3) is 0.333. The van der Waals surface area contributed by atoms with Crippen molar-refractivity contribution in [3.63, 3.8) is 0 Å². The van der Waals surface area contributed by atoms with Gasteiger partial charge in [0, 0.05) is 29.0 Å². The van der Waals surface area contributed by atoms with Gasteiger partial charge in [-0.2, -0.15) is 0 Å². The van der Waals surface area contributed by atoms with E-state index < -0.39 is 6.29 Å². The predicted octanol–water partition coefficient (Wildman–Crippen LogP) is 5.46. The van der Waals surface area contributed by atoms with Crippen molar-refractivity contribution in [2.75, 3.05) is 0 Å². The lowest BCUT2D eigenvalue weighted by atomic mass is 10.0. The maximum atomic E-state index is 10.7. The highest BCUT2D eigenvalue weighted by atomic mass is 32.1. The summed E-state index contributed by atoms with van der Waals surface area (Å²) in [6.07, 6.45) is 2.83. The lowest BCUT2D eigenvalue weighted by molar-refractivity contribution is -0.00286. The highest BCUT2D eigenvalue weighted by molar-refractivity contribution is 7.09. The van der Waals surface area contributed by atoms with Gasteiger partial charge >= 0.3 is 0 Å². The Hall–Kier alpha value is -3.26. The molecule has 0 saturated heterocycles. The van der Waals surface area contributed by atoms with Gasteiger partial charge < -0.3 is 25.5 Å². The Kier molecular flexibility index (Phi) is 7.94. The van der Waals surface area contributed by atoms with Crippen molar-refractivity contribution in [1.82, 2.24) is 4.98 Å². The van der Waals surface area contributed by atoms with Gasteiger partial charge in [0.1, 0.15) is 17.2 Å². The lowest BCUT2D eigenvalue weighted by Crippen LogP contribution is -2.24. The Balaban J connectivity index is 1.83. The maximum Gasteiger partial charge on any atom is 0.241 e. The van der Waals surface area contributed by atoms with Gasteiger partial charge in [0.05, 0.1) is 10.7 Å². The number of benzene rings is 2. The van der Waals surface area contributed by atoms with Gasteiger partial charge in [-0.25, -0.2) is 4.98 Å². The van der Waals surface area contributed by atoms with Crippen LogP contribution in [0.2, 0.25) is 0 Å². The fourth-order valence-electron chi connectivity index (χ4n) is 3.26. The highest BCUT2D eigenvalue weighted by Crippen LogP contribution is 2.37. The van der Waals surface area contributed by atoms with Crippen molar-refractivity contribution in [3.05, 3.63) is 57.9 Å². The summed E-state index contributed by atoms with van der Waals surface area (Å²) in [5, 5.41) is 25.4. The summed E-state index contributed by atoms with van der Waals surface area (Å²) in [4.78, 5) is 4.49.